The zero-order valence-corrected chi connectivity index (χ0v) is 69.9. The van der Waals surface area contributed by atoms with Gasteiger partial charge in [-0.3, -0.25) is 0 Å². The number of carbonyl (C=O) groups excluding carboxylic acids is 3. The number of alkyl halides is 6. The van der Waals surface area contributed by atoms with Crippen LogP contribution in [0.3, 0.4) is 0 Å². The highest BCUT2D eigenvalue weighted by Crippen LogP contribution is 2.46. The molecule has 23 nitrogen and oxygen atoms in total. The van der Waals surface area contributed by atoms with E-state index in [1.54, 1.807) is 47.5 Å². The lowest BCUT2D eigenvalue weighted by Crippen LogP contribution is -2.32. The van der Waals surface area contributed by atoms with Crippen LogP contribution in [-0.2, 0) is 51.2 Å². The van der Waals surface area contributed by atoms with Crippen molar-refractivity contribution in [2.45, 2.75) is 114 Å². The van der Waals surface area contributed by atoms with E-state index < -0.39 is 88.0 Å². The number of aryl methyl sites for hydroxylation is 5. The van der Waals surface area contributed by atoms with Gasteiger partial charge in [0.05, 0.1) is 91.3 Å². The van der Waals surface area contributed by atoms with Gasteiger partial charge in [0.2, 0.25) is 0 Å². The van der Waals surface area contributed by atoms with Crippen LogP contribution in [0, 0.1) is 87.2 Å². The van der Waals surface area contributed by atoms with Gasteiger partial charge in [-0.2, -0.15) is 41.6 Å². The standard InChI is InChI=1S/C31H31F5N6O2.C30H28F6N6O2.C26H22Cl2F2N6O/c1-16(2)15-44-26-7-5-6-17(3)27(26)42-28(20-12-22(32)25(10-18(20)4)39-30(37)43)21-14-41(9-8-24(21)40-42)29-23(33)11-19(13-38-29)31(34,35)36;1-15(2)14-44-25-6-4-5-16(3)26(25)42-27(18-10-21(32)24(11-20(18)31)39-29(37)43)19-13-41(8-7-23(19)40-42)28-22(33)9-17(12-38-28)30(34,35)36;1-13-4-3-5-14(2)23(13)36-24(16-9-20(30)22(10-19(16)29)33-26(31)37)17-12-35(7-6-21(17)34-36)25-18(28)8-15(27)11-32-25/h5-7,10-13,16H,8-9,14-15H2,1-4H3,(H3,37,39,43);4-6,9-12,15H,7-8,13-14H2,1-3H3,(H3,37,39,43);3-5,8-11H,6-7,12H2,1-2H3,(H3,31,33,37). The molecule has 38 heteroatoms. The summed E-state index contributed by atoms with van der Waals surface area (Å²) in [4.78, 5) is 50.9. The van der Waals surface area contributed by atoms with Crippen LogP contribution in [0.1, 0.15) is 100 Å². The molecule has 9 heterocycles. The van der Waals surface area contributed by atoms with Gasteiger partial charge in [0.1, 0.15) is 57.8 Å². The second-order valence-electron chi connectivity index (χ2n) is 30.8. The Morgan fingerprint density at radius 1 is 0.424 bits per heavy atom. The molecule has 0 unspecified atom stereocenters. The number of hydrogen-bond donors (Lipinski definition) is 6. The molecule has 3 aliphatic heterocycles. The fourth-order valence-electron chi connectivity index (χ4n) is 15.0. The van der Waals surface area contributed by atoms with E-state index in [0.29, 0.717) is 153 Å². The molecule has 6 aromatic heterocycles. The number of nitrogens with one attached hydrogen (secondary N) is 3. The number of hydrogen-bond acceptors (Lipinski definition) is 14. The Hall–Kier alpha value is -13.1. The summed E-state index contributed by atoms with van der Waals surface area (Å²) in [5.74, 6) is -5.13. The Morgan fingerprint density at radius 3 is 1.12 bits per heavy atom. The quantitative estimate of drug-likeness (QED) is 0.0436. The molecule has 3 aliphatic rings. The summed E-state index contributed by atoms with van der Waals surface area (Å²) in [6.07, 6.45) is -5.82. The summed E-state index contributed by atoms with van der Waals surface area (Å²) >= 11 is 12.5. The van der Waals surface area contributed by atoms with Crippen LogP contribution in [0.5, 0.6) is 11.5 Å². The molecule has 9 N–H and O–H groups in total. The van der Waals surface area contributed by atoms with E-state index in [4.69, 9.17) is 65.2 Å². The number of fused-ring (bicyclic) bond motifs is 3. The number of halogens is 15. The van der Waals surface area contributed by atoms with Crippen molar-refractivity contribution in [3.63, 3.8) is 0 Å². The Labute approximate surface area is 717 Å². The molecule has 0 saturated heterocycles. The number of amides is 6. The van der Waals surface area contributed by atoms with Gasteiger partial charge in [-0.15, -0.1) is 0 Å². The zero-order valence-electron chi connectivity index (χ0n) is 68.4. The maximum Gasteiger partial charge on any atom is 0.417 e. The van der Waals surface area contributed by atoms with Gasteiger partial charge in [0.15, 0.2) is 23.3 Å². The van der Waals surface area contributed by atoms with Crippen molar-refractivity contribution < 1.29 is 80.9 Å². The molecule has 6 amide bonds. The van der Waals surface area contributed by atoms with Gasteiger partial charge in [-0.1, -0.05) is 93.4 Å². The lowest BCUT2D eigenvalue weighted by atomic mass is 9.96. The predicted octanol–water partition coefficient (Wildman–Crippen LogP) is 19.9. The van der Waals surface area contributed by atoms with Crippen LogP contribution in [0.15, 0.2) is 128 Å². The Bertz CT molecular complexity index is 5920. The Morgan fingerprint density at radius 2 is 0.760 bits per heavy atom. The van der Waals surface area contributed by atoms with Crippen LogP contribution in [0.2, 0.25) is 10.0 Å². The number of aromatic nitrogens is 9. The largest absolute Gasteiger partial charge is 0.491 e. The second kappa shape index (κ2) is 36.4. The molecular weight excluding hydrogens is 1690 g/mol. The minimum Gasteiger partial charge on any atom is -0.491 e. The van der Waals surface area contributed by atoms with Crippen LogP contribution in [0.4, 0.5) is 106 Å². The molecule has 125 heavy (non-hydrogen) atoms. The Kier molecular flexibility index (Phi) is 26.1. The summed E-state index contributed by atoms with van der Waals surface area (Å²) < 4.78 is 203. The van der Waals surface area contributed by atoms with Crippen molar-refractivity contribution in [2.24, 2.45) is 29.0 Å². The van der Waals surface area contributed by atoms with Crippen molar-refractivity contribution in [1.82, 2.24) is 44.3 Å². The molecule has 12 aromatic rings. The van der Waals surface area contributed by atoms with E-state index in [0.717, 1.165) is 57.9 Å². The Balaban J connectivity index is 0.000000162. The molecule has 15 rings (SSSR count). The smallest absolute Gasteiger partial charge is 0.417 e. The SMILES string of the molecule is Cc1cc(NC(N)=O)c(F)cc1-c1c2c(nn1-c1c(C)cccc1OCC(C)C)CCN(c1ncc(C(F)(F)F)cc1F)C2.Cc1cccc(C)c1-n1nc2c(c1-c1cc(F)c(NC(N)=O)cc1F)CN(c1ncc(Cl)cc1Cl)CC2.Cc1cccc(OCC(C)C)c1-n1nc2c(c1-c1cc(F)c(NC(N)=O)cc1F)CN(c1ncc(C(F)(F)F)cc1F)CC2. The minimum absolute atomic E-state index is 0.000866. The summed E-state index contributed by atoms with van der Waals surface area (Å²) in [5.41, 5.74) is 22.7. The fraction of sp³-hybridized carbons (Fsp3) is 0.276. The van der Waals surface area contributed by atoms with Crippen molar-refractivity contribution >= 4 is 75.8 Å². The van der Waals surface area contributed by atoms with E-state index in [1.165, 1.54) is 32.8 Å². The highest BCUT2D eigenvalue weighted by Gasteiger charge is 2.39. The molecular formula is C87H81Cl2F13N18O5. The summed E-state index contributed by atoms with van der Waals surface area (Å²) in [6, 6.07) is 22.4. The first kappa shape index (κ1) is 89.6. The van der Waals surface area contributed by atoms with Crippen molar-refractivity contribution in [3.8, 4) is 62.3 Å². The third-order valence-corrected chi connectivity index (χ3v) is 21.2. The number of ether oxygens (including phenoxy) is 2. The second-order valence-corrected chi connectivity index (χ2v) is 31.7. The van der Waals surface area contributed by atoms with E-state index in [9.17, 15) is 45.1 Å². The minimum atomic E-state index is -4.78. The summed E-state index contributed by atoms with van der Waals surface area (Å²) in [5, 5.41) is 21.8. The van der Waals surface area contributed by atoms with Crippen molar-refractivity contribution in [2.75, 3.05) is 63.5 Å². The monoisotopic (exact) mass is 1770 g/mol. The first-order valence-corrected chi connectivity index (χ1v) is 39.7. The zero-order chi connectivity index (χ0) is 90.3. The van der Waals surface area contributed by atoms with Crippen molar-refractivity contribution in [1.29, 1.82) is 0 Å². The maximum atomic E-state index is 15.8. The van der Waals surface area contributed by atoms with Gasteiger partial charge in [-0.25, -0.2) is 74.1 Å². The number of nitrogens with zero attached hydrogens (tertiary/aromatic N) is 12. The molecule has 0 aliphatic carbocycles. The van der Waals surface area contributed by atoms with Crippen LogP contribution < -0.4 is 57.3 Å². The lowest BCUT2D eigenvalue weighted by Gasteiger charge is -2.28. The number of rotatable bonds is 18. The molecule has 0 radical (unpaired) electrons. The number of anilines is 6. The fourth-order valence-corrected chi connectivity index (χ4v) is 15.5. The molecule has 6 aromatic carbocycles. The van der Waals surface area contributed by atoms with Crippen LogP contribution in [-0.4, -0.2) is 95.2 Å². The number of nitrogens with two attached hydrogens (primary N) is 3. The van der Waals surface area contributed by atoms with E-state index in [1.807, 2.05) is 95.1 Å². The van der Waals surface area contributed by atoms with E-state index >= 15 is 26.3 Å². The molecule has 654 valence electrons. The number of primary amides is 3. The highest BCUT2D eigenvalue weighted by molar-refractivity contribution is 6.36. The number of carbonyl (C=O) groups is 3. The van der Waals surface area contributed by atoms with Crippen LogP contribution in [0.25, 0.3) is 50.8 Å². The topological polar surface area (TPSA) is 286 Å². The van der Waals surface area contributed by atoms with Crippen LogP contribution >= 0.6 is 23.2 Å². The van der Waals surface area contributed by atoms with E-state index in [2.05, 4.69) is 25.6 Å². The molecule has 0 atom stereocenters. The molecule has 0 bridgehead atoms. The third kappa shape index (κ3) is 19.3. The molecule has 0 fully saturated rings. The van der Waals surface area contributed by atoms with Gasteiger partial charge >= 0.3 is 30.4 Å². The average molecular weight is 1780 g/mol. The molecule has 0 spiro atoms. The van der Waals surface area contributed by atoms with Gasteiger partial charge in [0.25, 0.3) is 0 Å². The molecule has 0 saturated carbocycles. The number of para-hydroxylation sites is 3. The summed E-state index contributed by atoms with van der Waals surface area (Å²) in [7, 11) is 0. The lowest BCUT2D eigenvalue weighted by molar-refractivity contribution is -0.138. The number of pyridine rings is 3. The van der Waals surface area contributed by atoms with Gasteiger partial charge < -0.3 is 57.3 Å². The van der Waals surface area contributed by atoms with Crippen molar-refractivity contribution in [3.05, 3.63) is 251 Å². The third-order valence-electron chi connectivity index (χ3n) is 20.7. The summed E-state index contributed by atoms with van der Waals surface area (Å²) in [6.45, 7) is 19.2. The van der Waals surface area contributed by atoms with Gasteiger partial charge in [-0.05, 0) is 129 Å². The first-order valence-electron chi connectivity index (χ1n) is 39.0. The first-order chi connectivity index (χ1) is 59.1. The maximum absolute atomic E-state index is 15.8. The predicted molar refractivity (Wildman–Crippen MR) is 448 cm³/mol. The normalized spacial score (nSPS) is 13.2. The number of benzene rings is 6. The highest BCUT2D eigenvalue weighted by atomic mass is 35.5. The van der Waals surface area contributed by atoms with Gasteiger partial charge in [0, 0.05) is 123 Å². The number of urea groups is 3. The average Bonchev–Trinajstić information content (AvgIpc) is 1.68. The van der Waals surface area contributed by atoms with E-state index in [-0.39, 0.29) is 84.3 Å².